The quantitative estimate of drug-likeness (QED) is 0.628. The van der Waals surface area contributed by atoms with Crippen molar-refractivity contribution in [1.29, 1.82) is 0 Å². The van der Waals surface area contributed by atoms with Crippen molar-refractivity contribution in [1.82, 2.24) is 9.97 Å². The maximum absolute atomic E-state index is 5.43. The van der Waals surface area contributed by atoms with Crippen molar-refractivity contribution in [3.63, 3.8) is 0 Å². The zero-order chi connectivity index (χ0) is 7.68. The van der Waals surface area contributed by atoms with Crippen LogP contribution in [0.25, 0.3) is 0 Å². The highest BCUT2D eigenvalue weighted by atomic mass is 16.5. The molecule has 60 valence electrons. The molecule has 2 rings (SSSR count). The number of rotatable bonds is 1. The number of H-pyrrole nitrogens is 1. The van der Waals surface area contributed by atoms with E-state index in [-0.39, 0.29) is 6.10 Å². The van der Waals surface area contributed by atoms with E-state index in [1.165, 1.54) is 0 Å². The molecule has 1 atom stereocenters. The molecule has 1 unspecified atom stereocenters. The van der Waals surface area contributed by atoms with Gasteiger partial charge in [-0.1, -0.05) is 0 Å². The first-order valence-corrected chi connectivity index (χ1v) is 3.78. The van der Waals surface area contributed by atoms with Crippen LogP contribution < -0.4 is 5.73 Å². The van der Waals surface area contributed by atoms with Gasteiger partial charge in [-0.05, 0) is 12.8 Å². The van der Waals surface area contributed by atoms with Crippen LogP contribution in [-0.2, 0) is 4.74 Å². The summed E-state index contributed by atoms with van der Waals surface area (Å²) in [5.41, 5.74) is 6.42. The highest BCUT2D eigenvalue weighted by Gasteiger charge is 2.18. The molecule has 1 aromatic rings. The predicted molar refractivity (Wildman–Crippen MR) is 40.9 cm³/mol. The number of imidazole rings is 1. The Morgan fingerprint density at radius 2 is 2.64 bits per heavy atom. The van der Waals surface area contributed by atoms with Crippen molar-refractivity contribution < 1.29 is 4.74 Å². The van der Waals surface area contributed by atoms with Crippen molar-refractivity contribution in [2.75, 3.05) is 12.3 Å². The molecule has 1 aliphatic rings. The van der Waals surface area contributed by atoms with Gasteiger partial charge in [0.05, 0.1) is 18.0 Å². The number of hydrogen-bond acceptors (Lipinski definition) is 3. The molecule has 0 aromatic carbocycles. The Labute approximate surface area is 64.8 Å². The molecule has 1 aliphatic heterocycles. The van der Waals surface area contributed by atoms with Gasteiger partial charge in [-0.2, -0.15) is 0 Å². The number of nitrogens with zero attached hydrogens (tertiary/aromatic N) is 1. The Balaban J connectivity index is 2.15. The first kappa shape index (κ1) is 6.67. The van der Waals surface area contributed by atoms with E-state index in [1.54, 1.807) is 6.20 Å². The topological polar surface area (TPSA) is 63.9 Å². The van der Waals surface area contributed by atoms with Gasteiger partial charge in [0.2, 0.25) is 0 Å². The Hall–Kier alpha value is -1.03. The minimum Gasteiger partial charge on any atom is -0.372 e. The highest BCUT2D eigenvalue weighted by molar-refractivity contribution is 5.20. The summed E-state index contributed by atoms with van der Waals surface area (Å²) in [4.78, 5) is 6.86. The zero-order valence-electron chi connectivity index (χ0n) is 6.21. The van der Waals surface area contributed by atoms with E-state index in [0.717, 1.165) is 25.1 Å². The molecule has 0 amide bonds. The van der Waals surface area contributed by atoms with Crippen LogP contribution in [0.4, 0.5) is 5.95 Å². The van der Waals surface area contributed by atoms with Gasteiger partial charge in [0.15, 0.2) is 5.95 Å². The van der Waals surface area contributed by atoms with E-state index in [2.05, 4.69) is 9.97 Å². The summed E-state index contributed by atoms with van der Waals surface area (Å²) in [6.45, 7) is 0.851. The van der Waals surface area contributed by atoms with Gasteiger partial charge in [0.25, 0.3) is 0 Å². The minimum atomic E-state index is 0.194. The SMILES string of the molecule is Nc1ncc(C2CCCO2)[nH]1. The van der Waals surface area contributed by atoms with Crippen LogP contribution in [0.5, 0.6) is 0 Å². The average Bonchev–Trinajstić information content (AvgIpc) is 2.55. The summed E-state index contributed by atoms with van der Waals surface area (Å²) in [6, 6.07) is 0. The zero-order valence-corrected chi connectivity index (χ0v) is 6.21. The molecule has 0 spiro atoms. The Bertz CT molecular complexity index is 240. The second kappa shape index (κ2) is 2.54. The third-order valence-electron chi connectivity index (χ3n) is 1.89. The summed E-state index contributed by atoms with van der Waals surface area (Å²) in [5, 5.41) is 0. The van der Waals surface area contributed by atoms with Gasteiger partial charge < -0.3 is 15.5 Å². The highest BCUT2D eigenvalue weighted by Crippen LogP contribution is 2.26. The molecule has 4 nitrogen and oxygen atoms in total. The number of aromatic amines is 1. The number of hydrogen-bond donors (Lipinski definition) is 2. The molecule has 0 bridgehead atoms. The molecule has 2 heterocycles. The van der Waals surface area contributed by atoms with Crippen molar-refractivity contribution in [3.8, 4) is 0 Å². The van der Waals surface area contributed by atoms with E-state index in [9.17, 15) is 0 Å². The Morgan fingerprint density at radius 1 is 1.73 bits per heavy atom. The molecule has 1 saturated heterocycles. The number of nitrogen functional groups attached to an aromatic ring is 1. The summed E-state index contributed by atoms with van der Waals surface area (Å²) < 4.78 is 5.43. The van der Waals surface area contributed by atoms with Gasteiger partial charge >= 0.3 is 0 Å². The number of anilines is 1. The van der Waals surface area contributed by atoms with Crippen molar-refractivity contribution >= 4 is 5.95 Å². The third-order valence-corrected chi connectivity index (χ3v) is 1.89. The second-order valence-corrected chi connectivity index (χ2v) is 2.73. The average molecular weight is 153 g/mol. The number of ether oxygens (including phenoxy) is 1. The van der Waals surface area contributed by atoms with Crippen molar-refractivity contribution in [2.24, 2.45) is 0 Å². The summed E-state index contributed by atoms with van der Waals surface area (Å²) in [5.74, 6) is 0.468. The second-order valence-electron chi connectivity index (χ2n) is 2.73. The Morgan fingerprint density at radius 3 is 3.18 bits per heavy atom. The fourth-order valence-corrected chi connectivity index (χ4v) is 1.34. The number of nitrogens with one attached hydrogen (secondary N) is 1. The summed E-state index contributed by atoms with van der Waals surface area (Å²) in [6.07, 6.45) is 4.14. The van der Waals surface area contributed by atoms with Crippen LogP contribution in [0.2, 0.25) is 0 Å². The van der Waals surface area contributed by atoms with Gasteiger partial charge in [-0.3, -0.25) is 0 Å². The predicted octanol–water partition coefficient (Wildman–Crippen LogP) is 0.843. The lowest BCUT2D eigenvalue weighted by Crippen LogP contribution is -1.96. The number of aromatic nitrogens is 2. The Kier molecular flexibility index (Phi) is 1.54. The molecule has 0 aliphatic carbocycles. The van der Waals surface area contributed by atoms with Crippen LogP contribution in [0.1, 0.15) is 24.6 Å². The standard InChI is InChI=1S/C7H11N3O/c8-7-9-4-5(10-7)6-2-1-3-11-6/h4,6H,1-3H2,(H3,8,9,10). The summed E-state index contributed by atoms with van der Waals surface area (Å²) in [7, 11) is 0. The van der Waals surface area contributed by atoms with Crippen LogP contribution in [0, 0.1) is 0 Å². The maximum atomic E-state index is 5.43. The summed E-state index contributed by atoms with van der Waals surface area (Å²) >= 11 is 0. The van der Waals surface area contributed by atoms with Crippen molar-refractivity contribution in [3.05, 3.63) is 11.9 Å². The third kappa shape index (κ3) is 1.21. The molecule has 4 heteroatoms. The van der Waals surface area contributed by atoms with Gasteiger partial charge in [0.1, 0.15) is 0 Å². The first-order chi connectivity index (χ1) is 5.36. The first-order valence-electron chi connectivity index (χ1n) is 3.78. The molecule has 3 N–H and O–H groups in total. The monoisotopic (exact) mass is 153 g/mol. The minimum absolute atomic E-state index is 0.194. The van der Waals surface area contributed by atoms with E-state index in [1.807, 2.05) is 0 Å². The fraction of sp³-hybridized carbons (Fsp3) is 0.571. The molecular weight excluding hydrogens is 142 g/mol. The van der Waals surface area contributed by atoms with Crippen LogP contribution in [0.15, 0.2) is 6.20 Å². The smallest absolute Gasteiger partial charge is 0.197 e. The van der Waals surface area contributed by atoms with E-state index in [4.69, 9.17) is 10.5 Å². The molecule has 0 saturated carbocycles. The molecular formula is C7H11N3O. The van der Waals surface area contributed by atoms with Crippen LogP contribution in [-0.4, -0.2) is 16.6 Å². The lowest BCUT2D eigenvalue weighted by molar-refractivity contribution is 0.109. The van der Waals surface area contributed by atoms with E-state index in [0.29, 0.717) is 5.95 Å². The molecule has 0 radical (unpaired) electrons. The normalized spacial score (nSPS) is 24.2. The van der Waals surface area contributed by atoms with E-state index < -0.39 is 0 Å². The van der Waals surface area contributed by atoms with Crippen LogP contribution in [0.3, 0.4) is 0 Å². The van der Waals surface area contributed by atoms with Gasteiger partial charge in [-0.25, -0.2) is 4.98 Å². The van der Waals surface area contributed by atoms with Crippen molar-refractivity contribution in [2.45, 2.75) is 18.9 Å². The van der Waals surface area contributed by atoms with Gasteiger partial charge in [-0.15, -0.1) is 0 Å². The lowest BCUT2D eigenvalue weighted by Gasteiger charge is -2.04. The maximum Gasteiger partial charge on any atom is 0.197 e. The molecule has 1 aromatic heterocycles. The molecule has 11 heavy (non-hydrogen) atoms. The van der Waals surface area contributed by atoms with E-state index >= 15 is 0 Å². The number of nitrogens with two attached hydrogens (primary N) is 1. The largest absolute Gasteiger partial charge is 0.372 e. The fourth-order valence-electron chi connectivity index (χ4n) is 1.34. The van der Waals surface area contributed by atoms with Gasteiger partial charge in [0, 0.05) is 6.61 Å². The van der Waals surface area contributed by atoms with Crippen LogP contribution >= 0.6 is 0 Å². The molecule has 1 fully saturated rings. The lowest BCUT2D eigenvalue weighted by atomic mass is 10.2.